The fraction of sp³-hybridized carbons (Fsp3) is 0.136. The van der Waals surface area contributed by atoms with Crippen LogP contribution in [0.2, 0.25) is 0 Å². The van der Waals surface area contributed by atoms with E-state index in [0.717, 1.165) is 22.3 Å². The first-order chi connectivity index (χ1) is 12.1. The maximum absolute atomic E-state index is 12.3. The van der Waals surface area contributed by atoms with Crippen molar-refractivity contribution in [2.75, 3.05) is 0 Å². The van der Waals surface area contributed by atoms with Gasteiger partial charge in [0.25, 0.3) is 0 Å². The predicted octanol–water partition coefficient (Wildman–Crippen LogP) is 5.61. The lowest BCUT2D eigenvalue weighted by atomic mass is 9.99. The van der Waals surface area contributed by atoms with Crippen molar-refractivity contribution in [2.45, 2.75) is 20.0 Å². The van der Waals surface area contributed by atoms with Crippen LogP contribution < -0.4 is 4.74 Å². The summed E-state index contributed by atoms with van der Waals surface area (Å²) in [5.41, 5.74) is 4.11. The van der Waals surface area contributed by atoms with Crippen molar-refractivity contribution in [3.8, 4) is 5.75 Å². The molecule has 0 unspecified atom stereocenters. The molecule has 0 heterocycles. The Labute approximate surface area is 147 Å². The van der Waals surface area contributed by atoms with Gasteiger partial charge in [0.1, 0.15) is 5.75 Å². The van der Waals surface area contributed by atoms with Crippen LogP contribution in [0.3, 0.4) is 0 Å². The summed E-state index contributed by atoms with van der Waals surface area (Å²) in [5, 5.41) is 0. The zero-order valence-electron chi connectivity index (χ0n) is 14.3. The number of aryl methyl sites for hydroxylation is 2. The van der Waals surface area contributed by atoms with Crippen LogP contribution in [0.15, 0.2) is 78.9 Å². The molecule has 0 aliphatic rings. The molecule has 3 aromatic rings. The molecule has 0 bridgehead atoms. The molecule has 3 rings (SSSR count). The van der Waals surface area contributed by atoms with Gasteiger partial charge in [-0.15, -0.1) is 0 Å². The van der Waals surface area contributed by atoms with Crippen LogP contribution in [0, 0.1) is 13.8 Å². The zero-order valence-corrected chi connectivity index (χ0v) is 14.3. The van der Waals surface area contributed by atoms with E-state index < -0.39 is 12.3 Å². The number of ether oxygens (including phenoxy) is 2. The summed E-state index contributed by atoms with van der Waals surface area (Å²) in [4.78, 5) is 12.3. The van der Waals surface area contributed by atoms with Gasteiger partial charge in [-0.05, 0) is 37.1 Å². The number of carbonyl (C=O) groups is 1. The van der Waals surface area contributed by atoms with Gasteiger partial charge in [-0.3, -0.25) is 0 Å². The lowest BCUT2D eigenvalue weighted by Gasteiger charge is -2.19. The maximum atomic E-state index is 12.3. The molecule has 0 atom stereocenters. The Morgan fingerprint density at radius 2 is 1.20 bits per heavy atom. The van der Waals surface area contributed by atoms with Gasteiger partial charge in [-0.2, -0.15) is 0 Å². The van der Waals surface area contributed by atoms with Gasteiger partial charge < -0.3 is 9.47 Å². The topological polar surface area (TPSA) is 35.5 Å². The van der Waals surface area contributed by atoms with E-state index in [2.05, 4.69) is 0 Å². The van der Waals surface area contributed by atoms with Crippen LogP contribution in [0.4, 0.5) is 4.79 Å². The van der Waals surface area contributed by atoms with Crippen LogP contribution in [-0.4, -0.2) is 6.16 Å². The lowest BCUT2D eigenvalue weighted by molar-refractivity contribution is 0.0733. The van der Waals surface area contributed by atoms with Gasteiger partial charge in [0.15, 0.2) is 6.10 Å². The van der Waals surface area contributed by atoms with Crippen LogP contribution in [0.1, 0.15) is 28.4 Å². The Morgan fingerprint density at radius 1 is 0.720 bits per heavy atom. The Bertz CT molecular complexity index is 776. The molecule has 0 aliphatic carbocycles. The van der Waals surface area contributed by atoms with Gasteiger partial charge in [-0.25, -0.2) is 4.79 Å². The third-order valence-electron chi connectivity index (χ3n) is 3.92. The summed E-state index contributed by atoms with van der Waals surface area (Å²) in [6, 6.07) is 24.8. The molecule has 0 aromatic heterocycles. The molecule has 3 aromatic carbocycles. The van der Waals surface area contributed by atoms with Crippen LogP contribution in [0.25, 0.3) is 0 Å². The predicted molar refractivity (Wildman–Crippen MR) is 97.8 cm³/mol. The summed E-state index contributed by atoms with van der Waals surface area (Å²) in [7, 11) is 0. The van der Waals surface area contributed by atoms with E-state index in [0.29, 0.717) is 5.75 Å². The van der Waals surface area contributed by atoms with Gasteiger partial charge in [0, 0.05) is 0 Å². The van der Waals surface area contributed by atoms with E-state index in [1.807, 2.05) is 68.4 Å². The summed E-state index contributed by atoms with van der Waals surface area (Å²) in [6.07, 6.45) is -1.24. The van der Waals surface area contributed by atoms with Crippen molar-refractivity contribution in [1.29, 1.82) is 0 Å². The highest BCUT2D eigenvalue weighted by Crippen LogP contribution is 2.27. The minimum absolute atomic E-state index is 0.457. The number of benzene rings is 3. The van der Waals surface area contributed by atoms with Gasteiger partial charge >= 0.3 is 6.16 Å². The summed E-state index contributed by atoms with van der Waals surface area (Å²) < 4.78 is 10.9. The number of para-hydroxylation sites is 1. The third kappa shape index (κ3) is 4.48. The first kappa shape index (κ1) is 16.8. The minimum Gasteiger partial charge on any atom is -0.421 e. The number of carbonyl (C=O) groups excluding carboxylic acids is 1. The van der Waals surface area contributed by atoms with Crippen molar-refractivity contribution in [2.24, 2.45) is 0 Å². The van der Waals surface area contributed by atoms with E-state index in [-0.39, 0.29) is 0 Å². The zero-order chi connectivity index (χ0) is 17.6. The number of hydrogen-bond donors (Lipinski definition) is 0. The molecule has 0 radical (unpaired) electrons. The van der Waals surface area contributed by atoms with Crippen molar-refractivity contribution >= 4 is 6.16 Å². The summed E-state index contributed by atoms with van der Waals surface area (Å²) >= 11 is 0. The SMILES string of the molecule is Cc1ccc(C(OC(=O)Oc2ccccc2)c2ccc(C)cc2)cc1. The van der Waals surface area contributed by atoms with E-state index in [9.17, 15) is 4.79 Å². The lowest BCUT2D eigenvalue weighted by Crippen LogP contribution is -2.16. The molecular weight excluding hydrogens is 312 g/mol. The van der Waals surface area contributed by atoms with Crippen molar-refractivity contribution < 1.29 is 14.3 Å². The number of rotatable bonds is 4. The van der Waals surface area contributed by atoms with Crippen LogP contribution >= 0.6 is 0 Å². The quantitative estimate of drug-likeness (QED) is 0.460. The molecule has 126 valence electrons. The standard InChI is InChI=1S/C22H20O3/c1-16-8-12-18(13-9-16)21(19-14-10-17(2)11-15-19)25-22(23)24-20-6-4-3-5-7-20/h3-15,21H,1-2H3. The average Bonchev–Trinajstić information content (AvgIpc) is 2.62. The monoisotopic (exact) mass is 332 g/mol. The summed E-state index contributed by atoms with van der Waals surface area (Å²) in [6.45, 7) is 4.05. The smallest absolute Gasteiger partial charge is 0.421 e. The van der Waals surface area contributed by atoms with Crippen LogP contribution in [-0.2, 0) is 4.74 Å². The van der Waals surface area contributed by atoms with Crippen molar-refractivity contribution in [3.05, 3.63) is 101 Å². The van der Waals surface area contributed by atoms with E-state index in [1.165, 1.54) is 0 Å². The Balaban J connectivity index is 1.84. The minimum atomic E-state index is -0.725. The second kappa shape index (κ2) is 7.67. The molecule has 0 amide bonds. The molecule has 0 saturated heterocycles. The first-order valence-electron chi connectivity index (χ1n) is 8.18. The Morgan fingerprint density at radius 3 is 1.68 bits per heavy atom. The third-order valence-corrected chi connectivity index (χ3v) is 3.92. The molecule has 0 fully saturated rings. The van der Waals surface area contributed by atoms with Crippen molar-refractivity contribution in [3.63, 3.8) is 0 Å². The molecule has 25 heavy (non-hydrogen) atoms. The summed E-state index contributed by atoms with van der Waals surface area (Å²) in [5.74, 6) is 0.457. The Kier molecular flexibility index (Phi) is 5.14. The second-order valence-corrected chi connectivity index (χ2v) is 5.98. The highest BCUT2D eigenvalue weighted by molar-refractivity contribution is 5.64. The molecule has 0 spiro atoms. The number of hydrogen-bond acceptors (Lipinski definition) is 3. The normalized spacial score (nSPS) is 10.5. The van der Waals surface area contributed by atoms with E-state index >= 15 is 0 Å². The molecule has 3 nitrogen and oxygen atoms in total. The molecule has 0 saturated carbocycles. The van der Waals surface area contributed by atoms with Gasteiger partial charge in [0.05, 0.1) is 0 Å². The fourth-order valence-electron chi connectivity index (χ4n) is 2.52. The average molecular weight is 332 g/mol. The molecular formula is C22H20O3. The van der Waals surface area contributed by atoms with Gasteiger partial charge in [-0.1, -0.05) is 77.9 Å². The largest absolute Gasteiger partial charge is 0.514 e. The van der Waals surface area contributed by atoms with Crippen LogP contribution in [0.5, 0.6) is 5.75 Å². The first-order valence-corrected chi connectivity index (χ1v) is 8.18. The van der Waals surface area contributed by atoms with Gasteiger partial charge in [0.2, 0.25) is 0 Å². The van der Waals surface area contributed by atoms with E-state index in [1.54, 1.807) is 24.3 Å². The fourth-order valence-corrected chi connectivity index (χ4v) is 2.52. The van der Waals surface area contributed by atoms with Crippen molar-refractivity contribution in [1.82, 2.24) is 0 Å². The molecule has 0 aliphatic heterocycles. The maximum Gasteiger partial charge on any atom is 0.514 e. The van der Waals surface area contributed by atoms with E-state index in [4.69, 9.17) is 9.47 Å². The molecule has 0 N–H and O–H groups in total. The molecule has 3 heteroatoms. The second-order valence-electron chi connectivity index (χ2n) is 5.98. The highest BCUT2D eigenvalue weighted by Gasteiger charge is 2.20. The highest BCUT2D eigenvalue weighted by atomic mass is 16.7. The Hall–Kier alpha value is -3.07.